The number of aromatic nitrogens is 1. The van der Waals surface area contributed by atoms with Crippen molar-refractivity contribution in [1.29, 1.82) is 0 Å². The van der Waals surface area contributed by atoms with Crippen molar-refractivity contribution >= 4 is 0 Å². The maximum atomic E-state index is 5.40. The van der Waals surface area contributed by atoms with E-state index < -0.39 is 0 Å². The van der Waals surface area contributed by atoms with Crippen LogP contribution in [0.25, 0.3) is 0 Å². The summed E-state index contributed by atoms with van der Waals surface area (Å²) in [5.74, 6) is 3.26. The molecule has 0 spiro atoms. The third kappa shape index (κ3) is 3.46. The topological polar surface area (TPSA) is 48.1 Å². The van der Waals surface area contributed by atoms with Crippen molar-refractivity contribution in [3.05, 3.63) is 24.0 Å². The number of rotatable bonds is 5. The average Bonchev–Trinajstić information content (AvgIpc) is 2.21. The molecule has 0 aliphatic heterocycles. The summed E-state index contributed by atoms with van der Waals surface area (Å²) < 4.78 is 5.34. The van der Waals surface area contributed by atoms with Crippen LogP contribution in [-0.4, -0.2) is 18.1 Å². The number of hydrogen-bond acceptors (Lipinski definition) is 3. The van der Waals surface area contributed by atoms with E-state index in [1.54, 1.807) is 6.20 Å². The first-order valence-electron chi connectivity index (χ1n) is 4.58. The van der Waals surface area contributed by atoms with Gasteiger partial charge in [-0.25, -0.2) is 0 Å². The van der Waals surface area contributed by atoms with Crippen molar-refractivity contribution in [2.24, 2.45) is 5.73 Å². The van der Waals surface area contributed by atoms with Crippen LogP contribution in [0.4, 0.5) is 0 Å². The molecule has 74 valence electrons. The van der Waals surface area contributed by atoms with Gasteiger partial charge in [-0.3, -0.25) is 4.98 Å². The lowest BCUT2D eigenvalue weighted by Crippen LogP contribution is -2.04. The van der Waals surface area contributed by atoms with Gasteiger partial charge in [-0.15, -0.1) is 12.3 Å². The van der Waals surface area contributed by atoms with Crippen LogP contribution >= 0.6 is 0 Å². The Morgan fingerprint density at radius 3 is 2.93 bits per heavy atom. The average molecular weight is 190 g/mol. The van der Waals surface area contributed by atoms with Gasteiger partial charge >= 0.3 is 0 Å². The Labute approximate surface area is 84.3 Å². The molecule has 0 bridgehead atoms. The first-order valence-corrected chi connectivity index (χ1v) is 4.58. The fourth-order valence-corrected chi connectivity index (χ4v) is 1.02. The van der Waals surface area contributed by atoms with Gasteiger partial charge in [0, 0.05) is 18.5 Å². The maximum Gasteiger partial charge on any atom is 0.137 e. The molecular weight excluding hydrogens is 176 g/mol. The van der Waals surface area contributed by atoms with E-state index in [1.807, 2.05) is 12.1 Å². The molecule has 0 saturated heterocycles. The van der Waals surface area contributed by atoms with Crippen LogP contribution in [0.3, 0.4) is 0 Å². The second-order valence-electron chi connectivity index (χ2n) is 2.83. The van der Waals surface area contributed by atoms with Crippen LogP contribution in [0.15, 0.2) is 18.3 Å². The van der Waals surface area contributed by atoms with E-state index >= 15 is 0 Å². The zero-order valence-corrected chi connectivity index (χ0v) is 8.07. The summed E-state index contributed by atoms with van der Waals surface area (Å²) in [6.07, 6.45) is 8.20. The standard InChI is InChI=1S/C11H14N2O/c1-2-3-8-14-11-5-4-10(6-7-12)13-9-11/h1,4-5,9H,3,6-8,12H2. The number of ether oxygens (including phenoxy) is 1. The zero-order valence-electron chi connectivity index (χ0n) is 8.07. The number of nitrogens with two attached hydrogens (primary N) is 1. The van der Waals surface area contributed by atoms with Crippen molar-refractivity contribution in [3.8, 4) is 18.1 Å². The molecule has 0 amide bonds. The summed E-state index contributed by atoms with van der Waals surface area (Å²) >= 11 is 0. The molecule has 14 heavy (non-hydrogen) atoms. The fourth-order valence-electron chi connectivity index (χ4n) is 1.02. The molecule has 1 aromatic heterocycles. The SMILES string of the molecule is C#CCCOc1ccc(CCN)nc1. The van der Waals surface area contributed by atoms with Crippen LogP contribution in [0.5, 0.6) is 5.75 Å². The monoisotopic (exact) mass is 190 g/mol. The Morgan fingerprint density at radius 2 is 2.36 bits per heavy atom. The smallest absolute Gasteiger partial charge is 0.137 e. The molecule has 0 aliphatic rings. The predicted octanol–water partition coefficient (Wildman–Crippen LogP) is 0.985. The Morgan fingerprint density at radius 1 is 1.50 bits per heavy atom. The summed E-state index contributed by atoms with van der Waals surface area (Å²) in [5, 5.41) is 0. The minimum Gasteiger partial charge on any atom is -0.491 e. The minimum atomic E-state index is 0.536. The lowest BCUT2D eigenvalue weighted by Gasteiger charge is -2.03. The lowest BCUT2D eigenvalue weighted by molar-refractivity contribution is 0.325. The van der Waals surface area contributed by atoms with Crippen molar-refractivity contribution in [1.82, 2.24) is 4.98 Å². The van der Waals surface area contributed by atoms with Gasteiger partial charge in [-0.05, 0) is 18.7 Å². The molecule has 0 aliphatic carbocycles. The summed E-state index contributed by atoms with van der Waals surface area (Å²) in [5.41, 5.74) is 6.39. The van der Waals surface area contributed by atoms with Crippen LogP contribution in [0.1, 0.15) is 12.1 Å². The number of nitrogens with zero attached hydrogens (tertiary/aromatic N) is 1. The van der Waals surface area contributed by atoms with Crippen LogP contribution in [-0.2, 0) is 6.42 Å². The Kier molecular flexibility index (Phi) is 4.53. The van der Waals surface area contributed by atoms with Gasteiger partial charge in [0.1, 0.15) is 5.75 Å². The first kappa shape index (κ1) is 10.6. The second-order valence-corrected chi connectivity index (χ2v) is 2.83. The summed E-state index contributed by atoms with van der Waals surface area (Å²) in [7, 11) is 0. The molecule has 3 heteroatoms. The molecule has 0 radical (unpaired) electrons. The Hall–Kier alpha value is -1.53. The number of hydrogen-bond donors (Lipinski definition) is 1. The molecule has 0 aromatic carbocycles. The first-order chi connectivity index (χ1) is 6.86. The molecule has 3 nitrogen and oxygen atoms in total. The highest BCUT2D eigenvalue weighted by atomic mass is 16.5. The third-order valence-electron chi connectivity index (χ3n) is 1.71. The molecule has 0 unspecified atom stereocenters. The fraction of sp³-hybridized carbons (Fsp3) is 0.364. The van der Waals surface area contributed by atoms with Gasteiger partial charge in [-0.2, -0.15) is 0 Å². The van der Waals surface area contributed by atoms with E-state index in [0.29, 0.717) is 19.6 Å². The van der Waals surface area contributed by atoms with Gasteiger partial charge in [0.05, 0.1) is 12.8 Å². The van der Waals surface area contributed by atoms with Gasteiger partial charge < -0.3 is 10.5 Å². The lowest BCUT2D eigenvalue weighted by atomic mass is 10.3. The molecule has 1 aromatic rings. The highest BCUT2D eigenvalue weighted by Crippen LogP contribution is 2.09. The quantitative estimate of drug-likeness (QED) is 0.556. The van der Waals surface area contributed by atoms with Gasteiger partial charge in [0.25, 0.3) is 0 Å². The number of terminal acetylenes is 1. The predicted molar refractivity (Wildman–Crippen MR) is 55.9 cm³/mol. The van der Waals surface area contributed by atoms with Crippen molar-refractivity contribution in [2.45, 2.75) is 12.8 Å². The van der Waals surface area contributed by atoms with Gasteiger partial charge in [0.2, 0.25) is 0 Å². The highest BCUT2D eigenvalue weighted by Gasteiger charge is 1.95. The van der Waals surface area contributed by atoms with Crippen LogP contribution in [0.2, 0.25) is 0 Å². The molecule has 1 rings (SSSR count). The third-order valence-corrected chi connectivity index (χ3v) is 1.71. The van der Waals surface area contributed by atoms with E-state index in [9.17, 15) is 0 Å². The maximum absolute atomic E-state index is 5.40. The van der Waals surface area contributed by atoms with Crippen molar-refractivity contribution in [3.63, 3.8) is 0 Å². The second kappa shape index (κ2) is 6.01. The largest absolute Gasteiger partial charge is 0.491 e. The van der Waals surface area contributed by atoms with Crippen LogP contribution in [0, 0.1) is 12.3 Å². The van der Waals surface area contributed by atoms with Gasteiger partial charge in [-0.1, -0.05) is 0 Å². The molecular formula is C11H14N2O. The van der Waals surface area contributed by atoms with E-state index in [4.69, 9.17) is 16.9 Å². The van der Waals surface area contributed by atoms with Crippen molar-refractivity contribution < 1.29 is 4.74 Å². The number of pyridine rings is 1. The molecule has 0 saturated carbocycles. The molecule has 2 N–H and O–H groups in total. The normalized spacial score (nSPS) is 9.43. The van der Waals surface area contributed by atoms with Crippen molar-refractivity contribution in [2.75, 3.05) is 13.2 Å². The Balaban J connectivity index is 2.43. The molecule has 1 heterocycles. The molecule has 0 atom stereocenters. The van der Waals surface area contributed by atoms with E-state index in [0.717, 1.165) is 17.9 Å². The minimum absolute atomic E-state index is 0.536. The summed E-state index contributed by atoms with van der Waals surface area (Å²) in [6, 6.07) is 3.80. The van der Waals surface area contributed by atoms with E-state index in [-0.39, 0.29) is 0 Å². The van der Waals surface area contributed by atoms with Crippen LogP contribution < -0.4 is 10.5 Å². The van der Waals surface area contributed by atoms with E-state index in [2.05, 4.69) is 10.9 Å². The van der Waals surface area contributed by atoms with E-state index in [1.165, 1.54) is 0 Å². The Bertz CT molecular complexity index is 300. The van der Waals surface area contributed by atoms with Gasteiger partial charge in [0.15, 0.2) is 0 Å². The highest BCUT2D eigenvalue weighted by molar-refractivity contribution is 5.20. The summed E-state index contributed by atoms with van der Waals surface area (Å²) in [6.45, 7) is 1.15. The molecule has 0 fully saturated rings. The zero-order chi connectivity index (χ0) is 10.2. The summed E-state index contributed by atoms with van der Waals surface area (Å²) in [4.78, 5) is 4.19.